The first kappa shape index (κ1) is 109. The number of carbonyl (C=O) groups excluding carboxylic acids is 9. The van der Waals surface area contributed by atoms with Gasteiger partial charge in [0.15, 0.2) is 35.3 Å². The molecule has 16 aliphatic rings. The number of nitrogens with zero attached hydrogens (tertiary/aromatic N) is 13. The number of likely N-dealkylation sites (tertiary alicyclic amines) is 3. The Morgan fingerprint density at radius 1 is 0.387 bits per heavy atom. The van der Waals surface area contributed by atoms with Crippen LogP contribution in [0.5, 0.6) is 0 Å². The summed E-state index contributed by atoms with van der Waals surface area (Å²) >= 11 is 12.1. The van der Waals surface area contributed by atoms with Gasteiger partial charge in [-0.2, -0.15) is 0 Å². The lowest BCUT2D eigenvalue weighted by atomic mass is 9.74. The lowest BCUT2D eigenvalue weighted by Crippen LogP contribution is -2.47. The molecule has 0 aromatic heterocycles. The van der Waals surface area contributed by atoms with Crippen LogP contribution in [0.25, 0.3) is 11.1 Å². The number of unbranched alkanes of at least 4 members (excludes halogenated alkanes) is 1. The topological polar surface area (TPSA) is 396 Å². The van der Waals surface area contributed by atoms with E-state index in [0.717, 1.165) is 234 Å². The first-order valence-corrected chi connectivity index (χ1v) is 56.5. The lowest BCUT2D eigenvalue weighted by molar-refractivity contribution is -0.135. The Morgan fingerprint density at radius 3 is 1.11 bits per heavy atom. The van der Waals surface area contributed by atoms with Crippen molar-refractivity contribution in [3.63, 3.8) is 0 Å². The molecule has 2 aromatic rings. The van der Waals surface area contributed by atoms with Crippen molar-refractivity contribution in [2.75, 3.05) is 81.1 Å². The number of rotatable bonds is 31. The van der Waals surface area contributed by atoms with Gasteiger partial charge in [-0.25, -0.2) is 25.0 Å². The SMILES string of the molecule is CCCCC(=O)N1CC[C@H](C[C@]2(CCC3CCCCC3)N=C(N)N(C)C2=O)C1.CN1C(=O)C(C)(c2cccc(-c3cc(Cl)cc(Cl)c3)c2)N=C1N.CN1C(=O)[C@@](CCC2CCCCC2)(C[C@H]2CCCC(N[C@@H]3CCNC3=O)C2)N=C1N.CN1C(=O)[C@](CCC2CCCCC2)(C[C@H]2CCCN(C(=O)CC3CCCC3)C2)N=C1N.CN1C(=O)[C@](CCC2CCCCC2)(C[C@H]2CCN(C(=O)CC3CCCC3)C2)N=C1N. The number of aliphatic imine (C=N–C) groups is 5. The second-order valence-corrected chi connectivity index (χ2v) is 47.1. The summed E-state index contributed by atoms with van der Waals surface area (Å²) in [5, 5.41) is 7.61. The highest BCUT2D eigenvalue weighted by atomic mass is 35.5. The van der Waals surface area contributed by atoms with Gasteiger partial charge in [0.2, 0.25) is 23.6 Å². The van der Waals surface area contributed by atoms with E-state index >= 15 is 0 Å². The van der Waals surface area contributed by atoms with E-state index in [1.807, 2.05) is 46.2 Å². The maximum Gasteiger partial charge on any atom is 0.261 e. The molecule has 2 aromatic carbocycles. The quantitative estimate of drug-likeness (QED) is 0.0369. The molecule has 9 heterocycles. The van der Waals surface area contributed by atoms with E-state index < -0.39 is 27.7 Å². The molecule has 12 N–H and O–H groups in total. The fraction of sp³-hybridized carbons (Fsp3) is 0.766. The van der Waals surface area contributed by atoms with Gasteiger partial charge in [0, 0.05) is 116 Å². The number of halogens is 2. The number of carbonyl (C=O) groups is 9. The predicted molar refractivity (Wildman–Crippen MR) is 565 cm³/mol. The molecule has 31 heteroatoms. The number of piperidine rings is 1. The Hall–Kier alpha value is -8.44. The lowest BCUT2D eigenvalue weighted by Gasteiger charge is -2.37. The second-order valence-electron chi connectivity index (χ2n) is 46.3. The number of hydrogen-bond donors (Lipinski definition) is 7. The van der Waals surface area contributed by atoms with Crippen LogP contribution in [0.1, 0.15) is 366 Å². The van der Waals surface area contributed by atoms with E-state index in [2.05, 4.69) is 27.4 Å². The molecule has 29 nitrogen and oxygen atoms in total. The average Bonchev–Trinajstić information content (AvgIpc) is 1.56. The second kappa shape index (κ2) is 50.3. The van der Waals surface area contributed by atoms with Gasteiger partial charge in [0.25, 0.3) is 29.5 Å². The van der Waals surface area contributed by atoms with Gasteiger partial charge in [-0.3, -0.25) is 67.7 Å². The van der Waals surface area contributed by atoms with Gasteiger partial charge in [-0.15, -0.1) is 0 Å². The number of amides is 9. The highest BCUT2D eigenvalue weighted by Crippen LogP contribution is 2.47. The smallest absolute Gasteiger partial charge is 0.261 e. The molecule has 7 saturated carbocycles. The molecule has 9 aliphatic heterocycles. The van der Waals surface area contributed by atoms with E-state index in [0.29, 0.717) is 107 Å². The minimum atomic E-state index is -1.02. The van der Waals surface area contributed by atoms with Gasteiger partial charge in [-0.05, 0) is 261 Å². The number of benzene rings is 2. The largest absolute Gasteiger partial charge is 0.369 e. The summed E-state index contributed by atoms with van der Waals surface area (Å²) in [7, 11) is 8.61. The van der Waals surface area contributed by atoms with Gasteiger partial charge in [0.1, 0.15) is 22.2 Å². The monoisotopic (exact) mass is 2000 g/mol. The van der Waals surface area contributed by atoms with Crippen LogP contribution in [0.2, 0.25) is 10.0 Å². The van der Waals surface area contributed by atoms with Crippen molar-refractivity contribution >= 4 is 106 Å². The zero-order valence-electron chi connectivity index (χ0n) is 87.2. The molecule has 11 fully saturated rings. The third kappa shape index (κ3) is 27.7. The van der Waals surface area contributed by atoms with Crippen LogP contribution < -0.4 is 39.3 Å². The maximum absolute atomic E-state index is 13.3. The summed E-state index contributed by atoms with van der Waals surface area (Å²) in [6.07, 6.45) is 60.0. The standard InChI is InChI=1S/C25H42N4O2.C24H40N4O2.C23H39N5O2.C22H38N4O2.C17H15Cl2N3O/c1-28-23(31)25(27-24(28)26,14-13-19-8-3-2-4-9-19)17-21-12-7-15-29(18-21)22(30)16-20-10-5-6-11-20;1-27-22(30)24(26-23(27)25,13-11-18-7-3-2-4-8-18)16-20-12-14-28(17-20)21(29)15-19-9-5-6-10-19;1-28-21(30)23(27-22(28)24,12-10-16-6-3-2-4-7-16)15-17-8-5-9-18(14-17)26-19-11-13-25-20(19)29;1-3-4-10-19(27)26-14-12-18(16-26)15-22(20(28)25(2)21(23)24-22)13-11-17-8-6-5-7-9-17;1-17(15(23)22(2)16(20)21-17)12-5-3-4-10(6-12)11-7-13(18)9-14(19)8-11/h19-21H,2-18H2,1H3,(H2,26,27);18-20H,2-17H2,1H3,(H2,25,26);16-19,26H,2-15H2,1H3,(H2,24,27)(H,25,29);17-18H,3-16H2,1-2H3,(H2,23,24);3-9H,1-2H3,(H2,20,21)/t21-,25+;20-,24+;17-,18?,19+,23+;18-,22+;/m1101./s1. The molecule has 0 spiro atoms. The zero-order chi connectivity index (χ0) is 101. The summed E-state index contributed by atoms with van der Waals surface area (Å²) in [5.41, 5.74) is 28.9. The van der Waals surface area contributed by atoms with E-state index in [4.69, 9.17) is 71.8 Å². The summed E-state index contributed by atoms with van der Waals surface area (Å²) in [4.78, 5) is 152. The third-order valence-electron chi connectivity index (χ3n) is 35.8. The molecule has 4 saturated heterocycles. The molecule has 0 radical (unpaired) electrons. The Morgan fingerprint density at radius 2 is 0.739 bits per heavy atom. The van der Waals surface area contributed by atoms with Gasteiger partial charge < -0.3 is 54.0 Å². The Kier molecular flexibility index (Phi) is 38.7. The van der Waals surface area contributed by atoms with Crippen molar-refractivity contribution in [2.45, 2.75) is 400 Å². The number of nitrogens with one attached hydrogen (secondary N) is 2. The number of likely N-dealkylation sites (N-methyl/N-ethyl adjacent to an activating group) is 5. The Labute approximate surface area is 857 Å². The average molecular weight is 2000 g/mol. The summed E-state index contributed by atoms with van der Waals surface area (Å²) in [6, 6.07) is 13.2. The fourth-order valence-corrected chi connectivity index (χ4v) is 27.7. The highest BCUT2D eigenvalue weighted by Gasteiger charge is 2.54. The number of guanidine groups is 5. The van der Waals surface area contributed by atoms with Crippen LogP contribution in [0.3, 0.4) is 0 Å². The summed E-state index contributed by atoms with van der Waals surface area (Å²) < 4.78 is 0. The summed E-state index contributed by atoms with van der Waals surface area (Å²) in [5.74, 6) is 8.32. The first-order valence-electron chi connectivity index (χ1n) is 55.8. The molecule has 9 amide bonds. The Bertz CT molecular complexity index is 4800. The number of hydrogen-bond acceptors (Lipinski definition) is 20. The van der Waals surface area contributed by atoms with Crippen LogP contribution in [0.4, 0.5) is 0 Å². The van der Waals surface area contributed by atoms with Gasteiger partial charge in [-0.1, -0.05) is 222 Å². The minimum absolute atomic E-state index is 0.0524. The molecule has 786 valence electrons. The van der Waals surface area contributed by atoms with Crippen LogP contribution in [-0.4, -0.2) is 237 Å². The number of nitrogens with two attached hydrogens (primary N) is 5. The molecular formula is C111H174Cl2N20O9. The van der Waals surface area contributed by atoms with E-state index in [9.17, 15) is 43.2 Å². The first-order chi connectivity index (χ1) is 68.2. The third-order valence-corrected chi connectivity index (χ3v) is 36.3. The van der Waals surface area contributed by atoms with E-state index in [-0.39, 0.29) is 53.4 Å². The Balaban J connectivity index is 0.000000141. The molecule has 7 aliphatic carbocycles. The summed E-state index contributed by atoms with van der Waals surface area (Å²) in [6.45, 7) is 9.48. The molecular weight excluding hydrogens is 1830 g/mol. The van der Waals surface area contributed by atoms with Crippen molar-refractivity contribution in [3.8, 4) is 11.1 Å². The highest BCUT2D eigenvalue weighted by molar-refractivity contribution is 6.35. The van der Waals surface area contributed by atoms with E-state index in [1.165, 1.54) is 190 Å². The van der Waals surface area contributed by atoms with Crippen molar-refractivity contribution < 1.29 is 43.2 Å². The maximum atomic E-state index is 13.3. The fourth-order valence-electron chi connectivity index (χ4n) is 27.1. The van der Waals surface area contributed by atoms with Crippen LogP contribution in [-0.2, 0) is 48.7 Å². The normalized spacial score (nSPS) is 29.9. The minimum Gasteiger partial charge on any atom is -0.369 e. The molecule has 142 heavy (non-hydrogen) atoms. The van der Waals surface area contributed by atoms with E-state index in [1.54, 1.807) is 62.9 Å². The molecule has 18 rings (SSSR count). The zero-order valence-corrected chi connectivity index (χ0v) is 88.7. The van der Waals surface area contributed by atoms with Crippen molar-refractivity contribution in [2.24, 2.45) is 113 Å². The van der Waals surface area contributed by atoms with Gasteiger partial charge in [0.05, 0.1) is 6.04 Å². The van der Waals surface area contributed by atoms with Crippen molar-refractivity contribution in [3.05, 3.63) is 58.1 Å². The van der Waals surface area contributed by atoms with Gasteiger partial charge >= 0.3 is 0 Å². The van der Waals surface area contributed by atoms with Crippen molar-refractivity contribution in [1.82, 2.24) is 49.8 Å². The predicted octanol–water partition coefficient (Wildman–Crippen LogP) is 17.0. The van der Waals surface area contributed by atoms with Crippen LogP contribution >= 0.6 is 23.2 Å². The molecule has 0 bridgehead atoms. The molecule has 2 unspecified atom stereocenters. The van der Waals surface area contributed by atoms with Crippen molar-refractivity contribution in [1.29, 1.82) is 0 Å². The molecule has 11 atom stereocenters. The van der Waals surface area contributed by atoms with Crippen LogP contribution in [0, 0.1) is 59.2 Å². The van der Waals surface area contributed by atoms with Crippen LogP contribution in [0.15, 0.2) is 67.4 Å².